The summed E-state index contributed by atoms with van der Waals surface area (Å²) >= 11 is 0. The van der Waals surface area contributed by atoms with Gasteiger partial charge in [0.05, 0.1) is 23.9 Å². The van der Waals surface area contributed by atoms with Crippen LogP contribution in [0.15, 0.2) is 61.3 Å². The van der Waals surface area contributed by atoms with E-state index in [4.69, 9.17) is 19.0 Å². The fraction of sp³-hybridized carbons (Fsp3) is 0.419. The van der Waals surface area contributed by atoms with Crippen molar-refractivity contribution in [2.24, 2.45) is 0 Å². The molecule has 4 rings (SSSR count). The summed E-state index contributed by atoms with van der Waals surface area (Å²) in [6.45, 7) is 11.3. The van der Waals surface area contributed by atoms with E-state index in [0.717, 1.165) is 0 Å². The topological polar surface area (TPSA) is 142 Å². The summed E-state index contributed by atoms with van der Waals surface area (Å²) in [4.78, 5) is 60.4. The molecule has 0 saturated carbocycles. The minimum atomic E-state index is -1.41. The highest BCUT2D eigenvalue weighted by molar-refractivity contribution is 6.20. The third kappa shape index (κ3) is 8.63. The molecule has 1 aromatic carbocycles. The van der Waals surface area contributed by atoms with Gasteiger partial charge in [-0.15, -0.1) is 5.06 Å². The Labute approximate surface area is 255 Å². The second-order valence-electron chi connectivity index (χ2n) is 12.1. The molecule has 3 amide bonds. The average Bonchev–Trinajstić information content (AvgIpc) is 3.50. The van der Waals surface area contributed by atoms with Crippen LogP contribution in [0.1, 0.15) is 68.7 Å². The SMILES string of the molecule is CC(C)(C)OC(=O)NCCC[n+]1ccn(-c2ccc(OC[C@H](ON3C(=O)c4ccccc4C3=O)C(=O)OC(C)(C)C)cn2)c1. The summed E-state index contributed by atoms with van der Waals surface area (Å²) in [5.74, 6) is -1.19. The second kappa shape index (κ2) is 13.2. The third-order valence-corrected chi connectivity index (χ3v) is 6.00. The highest BCUT2D eigenvalue weighted by atomic mass is 16.7. The summed E-state index contributed by atoms with van der Waals surface area (Å²) in [7, 11) is 0. The summed E-state index contributed by atoms with van der Waals surface area (Å²) in [6.07, 6.45) is 5.93. The summed E-state index contributed by atoms with van der Waals surface area (Å²) in [5, 5.41) is 3.31. The molecule has 3 aromatic rings. The van der Waals surface area contributed by atoms with Crippen molar-refractivity contribution in [2.45, 2.75) is 71.8 Å². The van der Waals surface area contributed by atoms with E-state index < -0.39 is 41.2 Å². The van der Waals surface area contributed by atoms with Crippen LogP contribution < -0.4 is 14.6 Å². The van der Waals surface area contributed by atoms with E-state index in [9.17, 15) is 19.2 Å². The maximum atomic E-state index is 13.0. The van der Waals surface area contributed by atoms with Crippen molar-refractivity contribution in [3.05, 3.63) is 72.4 Å². The Bertz CT molecular complexity index is 1470. The van der Waals surface area contributed by atoms with E-state index in [0.29, 0.717) is 36.1 Å². The summed E-state index contributed by atoms with van der Waals surface area (Å²) < 4.78 is 20.2. The van der Waals surface area contributed by atoms with Crippen LogP contribution in [-0.2, 0) is 25.7 Å². The van der Waals surface area contributed by atoms with Gasteiger partial charge in [0, 0.05) is 19.0 Å². The van der Waals surface area contributed by atoms with Crippen LogP contribution in [0.4, 0.5) is 4.79 Å². The van der Waals surface area contributed by atoms with Gasteiger partial charge < -0.3 is 19.5 Å². The number of hydroxylamine groups is 2. The van der Waals surface area contributed by atoms with E-state index >= 15 is 0 Å². The Hall–Kier alpha value is -4.78. The van der Waals surface area contributed by atoms with Gasteiger partial charge in [-0.1, -0.05) is 12.1 Å². The lowest BCUT2D eigenvalue weighted by Gasteiger charge is -2.25. The van der Waals surface area contributed by atoms with Gasteiger partial charge in [0.15, 0.2) is 0 Å². The number of benzene rings is 1. The smallest absolute Gasteiger partial charge is 0.407 e. The van der Waals surface area contributed by atoms with Crippen LogP contribution in [0.5, 0.6) is 5.75 Å². The fourth-order valence-corrected chi connectivity index (χ4v) is 4.11. The number of imide groups is 1. The molecule has 0 saturated heterocycles. The Kier molecular flexibility index (Phi) is 9.68. The van der Waals surface area contributed by atoms with Crippen molar-refractivity contribution in [3.8, 4) is 11.6 Å². The molecular weight excluding hydrogens is 570 g/mol. The average molecular weight is 609 g/mol. The lowest BCUT2D eigenvalue weighted by Crippen LogP contribution is -2.43. The van der Waals surface area contributed by atoms with Crippen molar-refractivity contribution < 1.29 is 42.8 Å². The first-order valence-electron chi connectivity index (χ1n) is 14.2. The van der Waals surface area contributed by atoms with Crippen LogP contribution in [0.3, 0.4) is 0 Å². The number of hydrogen-bond donors (Lipinski definition) is 1. The van der Waals surface area contributed by atoms with E-state index in [1.807, 2.05) is 48.6 Å². The first kappa shape index (κ1) is 32.1. The molecule has 0 fully saturated rings. The van der Waals surface area contributed by atoms with Gasteiger partial charge >= 0.3 is 12.1 Å². The molecule has 1 atom stereocenters. The van der Waals surface area contributed by atoms with Crippen molar-refractivity contribution >= 4 is 23.9 Å². The normalized spacial score (nSPS) is 13.8. The van der Waals surface area contributed by atoms with Crippen LogP contribution in [-0.4, -0.2) is 68.9 Å². The molecular formula is C31H38N5O8+. The minimum Gasteiger partial charge on any atom is -0.489 e. The number of imidazole rings is 1. The molecule has 13 nitrogen and oxygen atoms in total. The number of nitrogens with zero attached hydrogens (tertiary/aromatic N) is 4. The molecule has 44 heavy (non-hydrogen) atoms. The number of pyridine rings is 1. The number of alkyl carbamates (subject to hydrolysis) is 1. The molecule has 0 radical (unpaired) electrons. The number of ether oxygens (including phenoxy) is 3. The summed E-state index contributed by atoms with van der Waals surface area (Å²) in [6, 6.07) is 9.71. The van der Waals surface area contributed by atoms with Gasteiger partial charge in [-0.2, -0.15) is 4.57 Å². The predicted octanol–water partition coefficient (Wildman–Crippen LogP) is 3.39. The monoisotopic (exact) mass is 608 g/mol. The number of fused-ring (bicyclic) bond motifs is 1. The number of amides is 3. The zero-order valence-electron chi connectivity index (χ0n) is 25.7. The molecule has 0 unspecified atom stereocenters. The number of nitrogens with one attached hydrogen (secondary N) is 1. The number of rotatable bonds is 11. The molecule has 0 spiro atoms. The van der Waals surface area contributed by atoms with Crippen LogP contribution in [0, 0.1) is 0 Å². The number of hydrogen-bond acceptors (Lipinski definition) is 9. The number of aryl methyl sites for hydroxylation is 1. The Morgan fingerprint density at radius 1 is 0.955 bits per heavy atom. The molecule has 3 heterocycles. The van der Waals surface area contributed by atoms with E-state index in [2.05, 4.69) is 10.3 Å². The third-order valence-electron chi connectivity index (χ3n) is 6.00. The van der Waals surface area contributed by atoms with Gasteiger partial charge in [0.2, 0.25) is 18.2 Å². The highest BCUT2D eigenvalue weighted by Crippen LogP contribution is 2.24. The molecule has 13 heteroatoms. The van der Waals surface area contributed by atoms with Crippen molar-refractivity contribution in [3.63, 3.8) is 0 Å². The zero-order valence-corrected chi connectivity index (χ0v) is 25.7. The molecule has 234 valence electrons. The fourth-order valence-electron chi connectivity index (χ4n) is 4.11. The molecule has 1 aliphatic heterocycles. The first-order valence-corrected chi connectivity index (χ1v) is 14.2. The number of esters is 1. The van der Waals surface area contributed by atoms with Gasteiger partial charge in [-0.25, -0.2) is 24.0 Å². The molecule has 0 bridgehead atoms. The van der Waals surface area contributed by atoms with E-state index in [-0.39, 0.29) is 17.7 Å². The van der Waals surface area contributed by atoms with Crippen LogP contribution >= 0.6 is 0 Å². The van der Waals surface area contributed by atoms with Crippen molar-refractivity contribution in [1.82, 2.24) is 19.9 Å². The summed E-state index contributed by atoms with van der Waals surface area (Å²) in [5.41, 5.74) is -1.01. The number of aromatic nitrogens is 3. The standard InChI is InChI=1S/C31H37N5O8/c1-30(2,3)42-28(39)24(44-36-26(37)22-10-7-8-11-23(22)27(36)38)19-41-21-12-13-25(33-18-21)35-17-16-34(20-35)15-9-14-32-29(40)43-31(4,5)6/h7-8,10-13,16-18,20,24H,9,14-15,19H2,1-6H3/p+1/t24-/m0/s1. The number of carbonyl (C=O) groups excluding carboxylic acids is 4. The molecule has 1 aliphatic rings. The van der Waals surface area contributed by atoms with Gasteiger partial charge in [0.25, 0.3) is 11.8 Å². The molecule has 1 N–H and O–H groups in total. The van der Waals surface area contributed by atoms with E-state index in [1.165, 1.54) is 18.3 Å². The maximum absolute atomic E-state index is 13.0. The van der Waals surface area contributed by atoms with Gasteiger partial charge in [0.1, 0.15) is 36.0 Å². The quantitative estimate of drug-likeness (QED) is 0.150. The molecule has 2 aromatic heterocycles. The largest absolute Gasteiger partial charge is 0.489 e. The predicted molar refractivity (Wildman–Crippen MR) is 156 cm³/mol. The minimum absolute atomic E-state index is 0.185. The van der Waals surface area contributed by atoms with Crippen LogP contribution in [0.25, 0.3) is 5.82 Å². The maximum Gasteiger partial charge on any atom is 0.407 e. The Balaban J connectivity index is 1.34. The van der Waals surface area contributed by atoms with Crippen molar-refractivity contribution in [2.75, 3.05) is 13.2 Å². The van der Waals surface area contributed by atoms with Crippen molar-refractivity contribution in [1.29, 1.82) is 0 Å². The second-order valence-corrected chi connectivity index (χ2v) is 12.1. The lowest BCUT2D eigenvalue weighted by molar-refractivity contribution is -0.696. The Morgan fingerprint density at radius 3 is 2.20 bits per heavy atom. The van der Waals surface area contributed by atoms with Crippen LogP contribution in [0.2, 0.25) is 0 Å². The molecule has 0 aliphatic carbocycles. The first-order chi connectivity index (χ1) is 20.7. The highest BCUT2D eigenvalue weighted by Gasteiger charge is 2.40. The van der Waals surface area contributed by atoms with Gasteiger partial charge in [-0.05, 0) is 59.7 Å². The zero-order chi connectivity index (χ0) is 32.1. The number of carbonyl (C=O) groups is 4. The lowest BCUT2D eigenvalue weighted by atomic mass is 10.1. The van der Waals surface area contributed by atoms with E-state index in [1.54, 1.807) is 45.0 Å². The van der Waals surface area contributed by atoms with Gasteiger partial charge in [-0.3, -0.25) is 9.59 Å². The Morgan fingerprint density at radius 2 is 1.61 bits per heavy atom.